The molecule has 0 aromatic heterocycles. The Labute approximate surface area is 143 Å². The molecule has 0 amide bonds. The van der Waals surface area contributed by atoms with Crippen LogP contribution in [-0.4, -0.2) is 22.2 Å². The van der Waals surface area contributed by atoms with Crippen LogP contribution in [0, 0.1) is 13.8 Å². The van der Waals surface area contributed by atoms with Crippen LogP contribution in [0.1, 0.15) is 31.8 Å². The number of benzene rings is 2. The molecule has 2 N–H and O–H groups in total. The van der Waals surface area contributed by atoms with Crippen molar-refractivity contribution in [1.29, 1.82) is 0 Å². The van der Waals surface area contributed by atoms with Crippen molar-refractivity contribution in [2.75, 3.05) is 0 Å². The van der Waals surface area contributed by atoms with E-state index in [-0.39, 0.29) is 27.3 Å². The van der Waals surface area contributed by atoms with E-state index < -0.39 is 11.9 Å². The summed E-state index contributed by atoms with van der Waals surface area (Å²) in [7, 11) is 0. The first-order chi connectivity index (χ1) is 9.40. The van der Waals surface area contributed by atoms with Gasteiger partial charge in [-0.15, -0.1) is 0 Å². The van der Waals surface area contributed by atoms with E-state index in [2.05, 4.69) is 0 Å². The van der Waals surface area contributed by atoms with Gasteiger partial charge in [0.05, 0.1) is 11.1 Å². The number of rotatable bonds is 2. The molecular weight excluding hydrogens is 369 g/mol. The largest absolute Gasteiger partial charge is 0.478 e. The molecule has 5 heteroatoms. The maximum absolute atomic E-state index is 10.4. The molecule has 0 aliphatic rings. The van der Waals surface area contributed by atoms with E-state index in [0.717, 1.165) is 11.1 Å². The Kier molecular flexibility index (Phi) is 8.53. The maximum atomic E-state index is 10.4. The van der Waals surface area contributed by atoms with E-state index in [9.17, 15) is 9.59 Å². The molecule has 0 fully saturated rings. The van der Waals surface area contributed by atoms with E-state index in [0.29, 0.717) is 11.1 Å². The summed E-state index contributed by atoms with van der Waals surface area (Å²) in [6.45, 7) is 3.74. The summed E-state index contributed by atoms with van der Waals surface area (Å²) >= 11 is 0. The second kappa shape index (κ2) is 9.28. The monoisotopic (exact) mass is 386 g/mol. The predicted molar refractivity (Wildman–Crippen MR) is 76.3 cm³/mol. The van der Waals surface area contributed by atoms with Crippen molar-refractivity contribution in [3.05, 3.63) is 70.8 Å². The Bertz CT molecular complexity index is 568. The SMILES string of the molecule is Cc1cccc(C(=O)O)c1.Cc1cccc(C(=O)O)c1.[Cd]. The zero-order valence-electron chi connectivity index (χ0n) is 12.0. The third-order valence-electron chi connectivity index (χ3n) is 2.53. The van der Waals surface area contributed by atoms with Gasteiger partial charge in [-0.2, -0.15) is 0 Å². The van der Waals surface area contributed by atoms with Gasteiger partial charge < -0.3 is 10.2 Å². The second-order valence-electron chi connectivity index (χ2n) is 4.35. The third kappa shape index (κ3) is 7.03. The quantitative estimate of drug-likeness (QED) is 0.778. The summed E-state index contributed by atoms with van der Waals surface area (Å²) in [5.74, 6) is -1.74. The van der Waals surface area contributed by atoms with E-state index in [1.54, 1.807) is 36.4 Å². The average molecular weight is 385 g/mol. The molecule has 0 aliphatic heterocycles. The molecule has 0 radical (unpaired) electrons. The fraction of sp³-hybridized carbons (Fsp3) is 0.125. The molecule has 0 unspecified atom stereocenters. The molecule has 106 valence electrons. The first-order valence-electron chi connectivity index (χ1n) is 6.00. The molecule has 2 aromatic rings. The first kappa shape index (κ1) is 19.3. The van der Waals surface area contributed by atoms with Crippen LogP contribution in [0.5, 0.6) is 0 Å². The number of aromatic carboxylic acids is 2. The Hall–Kier alpha value is -1.70. The van der Waals surface area contributed by atoms with Gasteiger partial charge in [0.15, 0.2) is 0 Å². The van der Waals surface area contributed by atoms with Gasteiger partial charge in [-0.3, -0.25) is 0 Å². The Balaban J connectivity index is 0.000000364. The zero-order valence-corrected chi connectivity index (χ0v) is 16.1. The van der Waals surface area contributed by atoms with Crippen molar-refractivity contribution in [2.45, 2.75) is 13.8 Å². The van der Waals surface area contributed by atoms with Crippen LogP contribution >= 0.6 is 0 Å². The van der Waals surface area contributed by atoms with Crippen molar-refractivity contribution in [1.82, 2.24) is 0 Å². The summed E-state index contributed by atoms with van der Waals surface area (Å²) in [5, 5.41) is 17.0. The Morgan fingerprint density at radius 1 is 0.762 bits per heavy atom. The zero-order chi connectivity index (χ0) is 15.1. The van der Waals surface area contributed by atoms with Gasteiger partial charge in [-0.1, -0.05) is 35.4 Å². The van der Waals surface area contributed by atoms with Crippen molar-refractivity contribution in [2.24, 2.45) is 0 Å². The minimum absolute atomic E-state index is 0. The molecule has 0 atom stereocenters. The molecule has 0 bridgehead atoms. The fourth-order valence-electron chi connectivity index (χ4n) is 1.56. The number of carboxylic acids is 2. The number of carbonyl (C=O) groups is 2. The first-order valence-corrected chi connectivity index (χ1v) is 6.00. The van der Waals surface area contributed by atoms with Gasteiger partial charge in [0.1, 0.15) is 0 Å². The van der Waals surface area contributed by atoms with Crippen molar-refractivity contribution < 1.29 is 47.1 Å². The van der Waals surface area contributed by atoms with Crippen molar-refractivity contribution >= 4 is 11.9 Å². The van der Waals surface area contributed by atoms with Crippen LogP contribution in [0.3, 0.4) is 0 Å². The van der Waals surface area contributed by atoms with Crippen molar-refractivity contribution in [3.8, 4) is 0 Å². The number of hydrogen-bond acceptors (Lipinski definition) is 2. The van der Waals surface area contributed by atoms with Crippen LogP contribution in [-0.2, 0) is 27.3 Å². The normalized spacial score (nSPS) is 8.86. The van der Waals surface area contributed by atoms with Crippen LogP contribution < -0.4 is 0 Å². The fourth-order valence-corrected chi connectivity index (χ4v) is 1.56. The standard InChI is InChI=1S/2C8H8O2.Cd/c2*1-6-3-2-4-7(5-6)8(9)10;/h2*2-5H,1H3,(H,9,10);. The van der Waals surface area contributed by atoms with Gasteiger partial charge in [-0.25, -0.2) is 9.59 Å². The summed E-state index contributed by atoms with van der Waals surface area (Å²) in [5.41, 5.74) is 2.64. The number of hydrogen-bond donors (Lipinski definition) is 2. The molecule has 0 heterocycles. The summed E-state index contributed by atoms with van der Waals surface area (Å²) < 4.78 is 0. The molecule has 0 spiro atoms. The molecule has 2 aromatic carbocycles. The molecule has 0 saturated heterocycles. The molecule has 0 aliphatic carbocycles. The van der Waals surface area contributed by atoms with Crippen LogP contribution in [0.25, 0.3) is 0 Å². The molecule has 2 rings (SSSR count). The maximum Gasteiger partial charge on any atom is 0.335 e. The summed E-state index contributed by atoms with van der Waals surface area (Å²) in [6.07, 6.45) is 0. The average Bonchev–Trinajstić information content (AvgIpc) is 2.39. The van der Waals surface area contributed by atoms with Gasteiger partial charge >= 0.3 is 11.9 Å². The van der Waals surface area contributed by atoms with Crippen LogP contribution in [0.15, 0.2) is 48.5 Å². The van der Waals surface area contributed by atoms with Crippen LogP contribution in [0.2, 0.25) is 0 Å². The van der Waals surface area contributed by atoms with Gasteiger partial charge in [0.2, 0.25) is 0 Å². The van der Waals surface area contributed by atoms with E-state index in [4.69, 9.17) is 10.2 Å². The van der Waals surface area contributed by atoms with E-state index in [1.807, 2.05) is 26.0 Å². The minimum atomic E-state index is -0.872. The molecule has 0 saturated carbocycles. The van der Waals surface area contributed by atoms with Gasteiger partial charge in [-0.05, 0) is 38.1 Å². The number of aryl methyl sites for hydroxylation is 2. The third-order valence-corrected chi connectivity index (χ3v) is 2.53. The smallest absolute Gasteiger partial charge is 0.335 e. The van der Waals surface area contributed by atoms with Gasteiger partial charge in [0, 0.05) is 27.3 Å². The van der Waals surface area contributed by atoms with E-state index >= 15 is 0 Å². The second-order valence-corrected chi connectivity index (χ2v) is 4.35. The summed E-state index contributed by atoms with van der Waals surface area (Å²) in [4.78, 5) is 20.7. The predicted octanol–water partition coefficient (Wildman–Crippen LogP) is 3.38. The summed E-state index contributed by atoms with van der Waals surface area (Å²) in [6, 6.07) is 13.6. The Morgan fingerprint density at radius 3 is 1.29 bits per heavy atom. The Morgan fingerprint density at radius 2 is 1.10 bits per heavy atom. The molecule has 21 heavy (non-hydrogen) atoms. The molecule has 4 nitrogen and oxygen atoms in total. The van der Waals surface area contributed by atoms with Crippen molar-refractivity contribution in [3.63, 3.8) is 0 Å². The molecular formula is C16H16CdO4. The van der Waals surface area contributed by atoms with E-state index in [1.165, 1.54) is 0 Å². The van der Waals surface area contributed by atoms with Crippen LogP contribution in [0.4, 0.5) is 0 Å². The number of carboxylic acid groups (broad SMARTS) is 2. The topological polar surface area (TPSA) is 74.6 Å². The minimum Gasteiger partial charge on any atom is -0.478 e. The van der Waals surface area contributed by atoms with Gasteiger partial charge in [0.25, 0.3) is 0 Å².